The van der Waals surface area contributed by atoms with Gasteiger partial charge in [-0.15, -0.1) is 11.3 Å². The Hall–Kier alpha value is -0.870. The molecule has 0 amide bonds. The predicted octanol–water partition coefficient (Wildman–Crippen LogP) is 4.30. The number of hydrogen-bond acceptors (Lipinski definition) is 3. The zero-order chi connectivity index (χ0) is 14.7. The number of rotatable bonds is 5. The molecule has 0 aliphatic heterocycles. The second-order valence-corrected chi connectivity index (χ2v) is 7.00. The van der Waals surface area contributed by atoms with Crippen LogP contribution in [-0.4, -0.2) is 11.7 Å². The third-order valence-electron chi connectivity index (χ3n) is 3.55. The Kier molecular flexibility index (Phi) is 5.22. The molecule has 0 spiro atoms. The highest BCUT2D eigenvalue weighted by atomic mass is 35.5. The average molecular weight is 310 g/mol. The molecule has 1 aromatic carbocycles. The third-order valence-corrected chi connectivity index (χ3v) is 4.85. The van der Waals surface area contributed by atoms with E-state index >= 15 is 0 Å². The maximum absolute atomic E-state index is 10.5. The van der Waals surface area contributed by atoms with Gasteiger partial charge in [0.2, 0.25) is 0 Å². The number of aliphatic hydroxyl groups is 1. The van der Waals surface area contributed by atoms with Crippen LogP contribution in [0.2, 0.25) is 4.34 Å². The molecule has 0 bridgehead atoms. The van der Waals surface area contributed by atoms with Crippen molar-refractivity contribution in [1.82, 2.24) is 0 Å². The van der Waals surface area contributed by atoms with Gasteiger partial charge in [-0.1, -0.05) is 49.7 Å². The van der Waals surface area contributed by atoms with E-state index in [1.807, 2.05) is 6.07 Å². The van der Waals surface area contributed by atoms with Crippen molar-refractivity contribution in [3.63, 3.8) is 0 Å². The summed E-state index contributed by atoms with van der Waals surface area (Å²) in [7, 11) is 0. The highest BCUT2D eigenvalue weighted by Gasteiger charge is 2.23. The zero-order valence-electron chi connectivity index (χ0n) is 11.7. The zero-order valence-corrected chi connectivity index (χ0v) is 13.3. The highest BCUT2D eigenvalue weighted by Crippen LogP contribution is 2.35. The summed E-state index contributed by atoms with van der Waals surface area (Å²) in [6, 6.07) is 12.0. The van der Waals surface area contributed by atoms with Crippen molar-refractivity contribution in [2.75, 3.05) is 6.54 Å². The second kappa shape index (κ2) is 6.72. The fraction of sp³-hybridized carbons (Fsp3) is 0.375. The fourth-order valence-corrected chi connectivity index (χ4v) is 3.37. The highest BCUT2D eigenvalue weighted by molar-refractivity contribution is 7.16. The largest absolute Gasteiger partial charge is 0.387 e. The first-order valence-corrected chi connectivity index (χ1v) is 7.95. The van der Waals surface area contributed by atoms with E-state index in [0.717, 1.165) is 10.4 Å². The van der Waals surface area contributed by atoms with Gasteiger partial charge >= 0.3 is 0 Å². The van der Waals surface area contributed by atoms with E-state index in [-0.39, 0.29) is 5.92 Å². The van der Waals surface area contributed by atoms with Crippen LogP contribution in [0.5, 0.6) is 0 Å². The van der Waals surface area contributed by atoms with Gasteiger partial charge in [-0.2, -0.15) is 0 Å². The molecule has 3 N–H and O–H groups in total. The molecular formula is C16H20ClNOS. The standard InChI is InChI=1S/C16H20ClNOS/c1-10(2)11-3-5-12(6-4-11)13(9-18)16(19)14-7-8-15(17)20-14/h3-8,10,13,16,19H,9,18H2,1-2H3. The molecule has 2 unspecified atom stereocenters. The lowest BCUT2D eigenvalue weighted by atomic mass is 9.90. The molecule has 0 saturated heterocycles. The summed E-state index contributed by atoms with van der Waals surface area (Å²) in [6.07, 6.45) is -0.609. The lowest BCUT2D eigenvalue weighted by Gasteiger charge is -2.21. The van der Waals surface area contributed by atoms with Gasteiger partial charge < -0.3 is 10.8 Å². The van der Waals surface area contributed by atoms with Gasteiger partial charge in [-0.25, -0.2) is 0 Å². The molecule has 2 rings (SSSR count). The lowest BCUT2D eigenvalue weighted by molar-refractivity contribution is 0.151. The predicted molar refractivity (Wildman–Crippen MR) is 86.6 cm³/mol. The van der Waals surface area contributed by atoms with E-state index in [1.54, 1.807) is 6.07 Å². The fourth-order valence-electron chi connectivity index (χ4n) is 2.26. The van der Waals surface area contributed by atoms with Crippen LogP contribution in [0, 0.1) is 0 Å². The summed E-state index contributed by atoms with van der Waals surface area (Å²) in [5.74, 6) is 0.396. The average Bonchev–Trinajstić information content (AvgIpc) is 2.86. The van der Waals surface area contributed by atoms with Gasteiger partial charge in [0.05, 0.1) is 10.4 Å². The molecule has 0 aliphatic carbocycles. The summed E-state index contributed by atoms with van der Waals surface area (Å²) < 4.78 is 0.685. The Morgan fingerprint density at radius 2 is 1.70 bits per heavy atom. The Morgan fingerprint density at radius 1 is 1.10 bits per heavy atom. The lowest BCUT2D eigenvalue weighted by Crippen LogP contribution is -2.19. The molecule has 4 heteroatoms. The summed E-state index contributed by atoms with van der Waals surface area (Å²) in [6.45, 7) is 4.73. The number of thiophene rings is 1. The van der Waals surface area contributed by atoms with Crippen molar-refractivity contribution in [2.45, 2.75) is 31.8 Å². The molecule has 0 aliphatic rings. The maximum Gasteiger partial charge on any atom is 0.0962 e. The topological polar surface area (TPSA) is 46.2 Å². The van der Waals surface area contributed by atoms with Crippen molar-refractivity contribution < 1.29 is 5.11 Å². The van der Waals surface area contributed by atoms with E-state index in [9.17, 15) is 5.11 Å². The van der Waals surface area contributed by atoms with Crippen LogP contribution in [0.3, 0.4) is 0 Å². The molecule has 0 saturated carbocycles. The first-order valence-electron chi connectivity index (χ1n) is 6.76. The van der Waals surface area contributed by atoms with Crippen LogP contribution >= 0.6 is 22.9 Å². The summed E-state index contributed by atoms with van der Waals surface area (Å²) >= 11 is 7.33. The van der Waals surface area contributed by atoms with Crippen molar-refractivity contribution in [2.24, 2.45) is 5.73 Å². The molecule has 108 valence electrons. The molecule has 1 heterocycles. The van der Waals surface area contributed by atoms with E-state index in [2.05, 4.69) is 38.1 Å². The van der Waals surface area contributed by atoms with E-state index in [4.69, 9.17) is 17.3 Å². The van der Waals surface area contributed by atoms with Gasteiger partial charge in [0.1, 0.15) is 0 Å². The van der Waals surface area contributed by atoms with Gasteiger partial charge in [-0.05, 0) is 29.2 Å². The van der Waals surface area contributed by atoms with Gasteiger partial charge in [0, 0.05) is 17.3 Å². The Balaban J connectivity index is 2.23. The van der Waals surface area contributed by atoms with Crippen molar-refractivity contribution in [3.8, 4) is 0 Å². The quantitative estimate of drug-likeness (QED) is 0.865. The van der Waals surface area contributed by atoms with Crippen molar-refractivity contribution >= 4 is 22.9 Å². The first kappa shape index (κ1) is 15.5. The number of halogens is 1. The summed E-state index contributed by atoms with van der Waals surface area (Å²) in [5.41, 5.74) is 8.21. The minimum atomic E-state index is -0.609. The minimum Gasteiger partial charge on any atom is -0.387 e. The second-order valence-electron chi connectivity index (χ2n) is 5.25. The molecule has 2 nitrogen and oxygen atoms in total. The summed E-state index contributed by atoms with van der Waals surface area (Å²) in [5, 5.41) is 10.5. The molecule has 0 fully saturated rings. The van der Waals surface area contributed by atoms with Crippen LogP contribution in [0.4, 0.5) is 0 Å². The SMILES string of the molecule is CC(C)c1ccc(C(CN)C(O)c2ccc(Cl)s2)cc1. The third kappa shape index (κ3) is 3.41. The van der Waals surface area contributed by atoms with Crippen LogP contribution < -0.4 is 5.73 Å². The molecule has 2 atom stereocenters. The van der Waals surface area contributed by atoms with E-state index in [1.165, 1.54) is 16.9 Å². The monoisotopic (exact) mass is 309 g/mol. The van der Waals surface area contributed by atoms with Crippen LogP contribution in [0.15, 0.2) is 36.4 Å². The normalized spacial score (nSPS) is 14.5. The Morgan fingerprint density at radius 3 is 2.15 bits per heavy atom. The number of aliphatic hydroxyl groups excluding tert-OH is 1. The van der Waals surface area contributed by atoms with Gasteiger partial charge in [0.25, 0.3) is 0 Å². The van der Waals surface area contributed by atoms with Crippen LogP contribution in [0.1, 0.15) is 47.8 Å². The number of nitrogens with two attached hydrogens (primary N) is 1. The molecular weight excluding hydrogens is 290 g/mol. The number of hydrogen-bond donors (Lipinski definition) is 2. The Labute approximate surface area is 129 Å². The van der Waals surface area contributed by atoms with Crippen LogP contribution in [-0.2, 0) is 0 Å². The summed E-state index contributed by atoms with van der Waals surface area (Å²) in [4.78, 5) is 0.860. The van der Waals surface area contributed by atoms with Gasteiger partial charge in [0.15, 0.2) is 0 Å². The van der Waals surface area contributed by atoms with Crippen LogP contribution in [0.25, 0.3) is 0 Å². The molecule has 2 aromatic rings. The van der Waals surface area contributed by atoms with Crippen molar-refractivity contribution in [1.29, 1.82) is 0 Å². The van der Waals surface area contributed by atoms with E-state index in [0.29, 0.717) is 16.8 Å². The molecule has 0 radical (unpaired) electrons. The minimum absolute atomic E-state index is 0.106. The molecule has 20 heavy (non-hydrogen) atoms. The Bertz CT molecular complexity index is 550. The smallest absolute Gasteiger partial charge is 0.0962 e. The van der Waals surface area contributed by atoms with Crippen molar-refractivity contribution in [3.05, 3.63) is 56.7 Å². The number of benzene rings is 1. The first-order chi connectivity index (χ1) is 9.52. The van der Waals surface area contributed by atoms with E-state index < -0.39 is 6.10 Å². The maximum atomic E-state index is 10.5. The van der Waals surface area contributed by atoms with Gasteiger partial charge in [-0.3, -0.25) is 0 Å². The molecule has 1 aromatic heterocycles.